The average molecular weight is 307 g/mol. The van der Waals surface area contributed by atoms with Crippen LogP contribution in [0, 0.1) is 0 Å². The molecule has 1 saturated heterocycles. The van der Waals surface area contributed by atoms with Crippen LogP contribution in [0.1, 0.15) is 18.7 Å². The molecule has 1 aliphatic heterocycles. The number of fused-ring (bicyclic) bond motifs is 1. The first-order valence-electron chi connectivity index (χ1n) is 8.18. The van der Waals surface area contributed by atoms with E-state index in [0.717, 1.165) is 37.6 Å². The van der Waals surface area contributed by atoms with E-state index in [0.29, 0.717) is 6.04 Å². The number of hydrogen-bond donors (Lipinski definition) is 1. The summed E-state index contributed by atoms with van der Waals surface area (Å²) in [5.74, 6) is 0. The van der Waals surface area contributed by atoms with Crippen LogP contribution in [0.5, 0.6) is 0 Å². The van der Waals surface area contributed by atoms with Gasteiger partial charge in [0.25, 0.3) is 0 Å². The van der Waals surface area contributed by atoms with Crippen molar-refractivity contribution in [2.24, 2.45) is 0 Å². The predicted octanol–water partition coefficient (Wildman–Crippen LogP) is 2.39. The van der Waals surface area contributed by atoms with Gasteiger partial charge in [0.2, 0.25) is 0 Å². The van der Waals surface area contributed by atoms with E-state index in [2.05, 4.69) is 76.1 Å². The largest absolute Gasteiger partial charge is 0.314 e. The standard InChI is InChI=1S/C18H21N5/c1-14(22-11-9-19-10-12-22)17-13-23(21-20-17)18-8-4-6-15-5-2-3-7-16(15)18/h2-8,13-14,19H,9-12H2,1H3. The summed E-state index contributed by atoms with van der Waals surface area (Å²) in [5.41, 5.74) is 2.11. The lowest BCUT2D eigenvalue weighted by Gasteiger charge is -2.31. The molecule has 1 fully saturated rings. The Bertz CT molecular complexity index is 799. The molecule has 3 aromatic rings. The Kier molecular flexibility index (Phi) is 3.81. The molecular formula is C18H21N5. The minimum Gasteiger partial charge on any atom is -0.314 e. The highest BCUT2D eigenvalue weighted by atomic mass is 15.4. The van der Waals surface area contributed by atoms with E-state index < -0.39 is 0 Å². The molecule has 0 amide bonds. The fourth-order valence-corrected chi connectivity index (χ4v) is 3.25. The van der Waals surface area contributed by atoms with E-state index in [1.165, 1.54) is 10.8 Å². The van der Waals surface area contributed by atoms with Gasteiger partial charge < -0.3 is 5.32 Å². The molecule has 1 atom stereocenters. The summed E-state index contributed by atoms with van der Waals surface area (Å²) in [6.07, 6.45) is 2.06. The molecule has 1 unspecified atom stereocenters. The molecule has 1 N–H and O–H groups in total. The summed E-state index contributed by atoms with van der Waals surface area (Å²) in [6, 6.07) is 15.0. The number of nitrogens with zero attached hydrogens (tertiary/aromatic N) is 4. The van der Waals surface area contributed by atoms with Crippen LogP contribution < -0.4 is 5.32 Å². The van der Waals surface area contributed by atoms with Gasteiger partial charge in [0.15, 0.2) is 0 Å². The van der Waals surface area contributed by atoms with Gasteiger partial charge in [-0.25, -0.2) is 4.68 Å². The highest BCUT2D eigenvalue weighted by Crippen LogP contribution is 2.23. The summed E-state index contributed by atoms with van der Waals surface area (Å²) in [7, 11) is 0. The van der Waals surface area contributed by atoms with Crippen molar-refractivity contribution in [1.82, 2.24) is 25.2 Å². The lowest BCUT2D eigenvalue weighted by atomic mass is 10.1. The zero-order chi connectivity index (χ0) is 15.6. The third-order valence-electron chi connectivity index (χ3n) is 4.65. The molecule has 0 aliphatic carbocycles. The van der Waals surface area contributed by atoms with E-state index >= 15 is 0 Å². The molecule has 0 radical (unpaired) electrons. The van der Waals surface area contributed by atoms with Crippen LogP contribution >= 0.6 is 0 Å². The summed E-state index contributed by atoms with van der Waals surface area (Å²) in [6.45, 7) is 6.41. The molecule has 1 aromatic heterocycles. The lowest BCUT2D eigenvalue weighted by Crippen LogP contribution is -2.44. The maximum absolute atomic E-state index is 4.43. The average Bonchev–Trinajstić information content (AvgIpc) is 3.11. The number of hydrogen-bond acceptors (Lipinski definition) is 4. The van der Waals surface area contributed by atoms with E-state index in [-0.39, 0.29) is 0 Å². The van der Waals surface area contributed by atoms with Crippen molar-refractivity contribution in [3.05, 3.63) is 54.4 Å². The smallest absolute Gasteiger partial charge is 0.1000 e. The van der Waals surface area contributed by atoms with Gasteiger partial charge in [0.05, 0.1) is 23.6 Å². The monoisotopic (exact) mass is 307 g/mol. The Hall–Kier alpha value is -2.24. The van der Waals surface area contributed by atoms with Gasteiger partial charge in [-0.05, 0) is 18.4 Å². The zero-order valence-electron chi connectivity index (χ0n) is 13.3. The summed E-state index contributed by atoms with van der Waals surface area (Å²) in [5, 5.41) is 14.6. The second-order valence-electron chi connectivity index (χ2n) is 6.05. The van der Waals surface area contributed by atoms with Crippen molar-refractivity contribution in [2.75, 3.05) is 26.2 Å². The topological polar surface area (TPSA) is 46.0 Å². The van der Waals surface area contributed by atoms with Crippen LogP contribution in [0.25, 0.3) is 16.5 Å². The molecule has 23 heavy (non-hydrogen) atoms. The van der Waals surface area contributed by atoms with Crippen molar-refractivity contribution in [2.45, 2.75) is 13.0 Å². The third-order valence-corrected chi connectivity index (χ3v) is 4.65. The summed E-state index contributed by atoms with van der Waals surface area (Å²) >= 11 is 0. The van der Waals surface area contributed by atoms with E-state index in [1.807, 2.05) is 4.68 Å². The van der Waals surface area contributed by atoms with Gasteiger partial charge in [-0.2, -0.15) is 0 Å². The Morgan fingerprint density at radius 2 is 1.83 bits per heavy atom. The fraction of sp³-hybridized carbons (Fsp3) is 0.333. The third kappa shape index (κ3) is 2.73. The maximum atomic E-state index is 4.43. The normalized spacial score (nSPS) is 17.4. The molecule has 0 saturated carbocycles. The number of rotatable bonds is 3. The van der Waals surface area contributed by atoms with Crippen LogP contribution in [0.2, 0.25) is 0 Å². The number of nitrogens with one attached hydrogen (secondary N) is 1. The van der Waals surface area contributed by atoms with Crippen LogP contribution in [0.15, 0.2) is 48.7 Å². The van der Waals surface area contributed by atoms with Crippen molar-refractivity contribution < 1.29 is 0 Å². The molecule has 118 valence electrons. The Morgan fingerprint density at radius 3 is 2.70 bits per heavy atom. The first kappa shape index (κ1) is 14.4. The second-order valence-corrected chi connectivity index (χ2v) is 6.05. The molecule has 2 aromatic carbocycles. The second kappa shape index (κ2) is 6.10. The predicted molar refractivity (Wildman–Crippen MR) is 91.7 cm³/mol. The minimum absolute atomic E-state index is 0.292. The maximum Gasteiger partial charge on any atom is 0.1000 e. The van der Waals surface area contributed by atoms with Crippen molar-refractivity contribution in [1.29, 1.82) is 0 Å². The molecule has 5 heteroatoms. The first-order chi connectivity index (χ1) is 11.3. The van der Waals surface area contributed by atoms with Crippen molar-refractivity contribution in [3.63, 3.8) is 0 Å². The van der Waals surface area contributed by atoms with Crippen LogP contribution in [-0.4, -0.2) is 46.1 Å². The molecular weight excluding hydrogens is 286 g/mol. The lowest BCUT2D eigenvalue weighted by molar-refractivity contribution is 0.182. The molecule has 1 aliphatic rings. The zero-order valence-corrected chi connectivity index (χ0v) is 13.3. The molecule has 4 rings (SSSR count). The van der Waals surface area contributed by atoms with E-state index in [4.69, 9.17) is 0 Å². The van der Waals surface area contributed by atoms with Gasteiger partial charge in [-0.1, -0.05) is 41.6 Å². The van der Waals surface area contributed by atoms with Gasteiger partial charge in [0, 0.05) is 31.6 Å². The molecule has 0 bridgehead atoms. The summed E-state index contributed by atoms with van der Waals surface area (Å²) in [4.78, 5) is 2.45. The summed E-state index contributed by atoms with van der Waals surface area (Å²) < 4.78 is 1.90. The van der Waals surface area contributed by atoms with Crippen LogP contribution in [0.3, 0.4) is 0 Å². The Labute approximate surface area is 135 Å². The quantitative estimate of drug-likeness (QED) is 0.807. The number of aromatic nitrogens is 3. The molecule has 2 heterocycles. The van der Waals surface area contributed by atoms with Crippen molar-refractivity contribution in [3.8, 4) is 5.69 Å². The van der Waals surface area contributed by atoms with Crippen LogP contribution in [0.4, 0.5) is 0 Å². The number of piperazine rings is 1. The van der Waals surface area contributed by atoms with Gasteiger partial charge in [-0.3, -0.25) is 4.90 Å². The first-order valence-corrected chi connectivity index (χ1v) is 8.18. The van der Waals surface area contributed by atoms with E-state index in [1.54, 1.807) is 0 Å². The number of benzene rings is 2. The Morgan fingerprint density at radius 1 is 1.04 bits per heavy atom. The van der Waals surface area contributed by atoms with Gasteiger partial charge in [0.1, 0.15) is 0 Å². The highest BCUT2D eigenvalue weighted by Gasteiger charge is 2.20. The van der Waals surface area contributed by atoms with E-state index in [9.17, 15) is 0 Å². The van der Waals surface area contributed by atoms with Crippen LogP contribution in [-0.2, 0) is 0 Å². The molecule has 0 spiro atoms. The Balaban J connectivity index is 1.67. The highest BCUT2D eigenvalue weighted by molar-refractivity contribution is 5.89. The van der Waals surface area contributed by atoms with Gasteiger partial charge in [-0.15, -0.1) is 5.10 Å². The SMILES string of the molecule is CC(c1cn(-c2cccc3ccccc23)nn1)N1CCNCC1. The van der Waals surface area contributed by atoms with Gasteiger partial charge >= 0.3 is 0 Å². The molecule has 5 nitrogen and oxygen atoms in total. The fourth-order valence-electron chi connectivity index (χ4n) is 3.25. The van der Waals surface area contributed by atoms with Crippen molar-refractivity contribution >= 4 is 10.8 Å². The minimum atomic E-state index is 0.292.